The van der Waals surface area contributed by atoms with E-state index in [0.717, 1.165) is 17.4 Å². The van der Waals surface area contributed by atoms with Crippen LogP contribution in [-0.2, 0) is 17.5 Å². The number of amides is 1. The number of aromatic nitrogens is 2. The van der Waals surface area contributed by atoms with Crippen molar-refractivity contribution in [2.24, 2.45) is 0 Å². The van der Waals surface area contributed by atoms with Gasteiger partial charge in [0, 0.05) is 18.5 Å². The minimum atomic E-state index is -4.55. The minimum Gasteiger partial charge on any atom is -0.454 e. The Hall–Kier alpha value is -3.92. The molecule has 0 spiro atoms. The molecular weight excluding hydrogens is 467 g/mol. The van der Waals surface area contributed by atoms with Gasteiger partial charge in [-0.15, -0.1) is 0 Å². The Balaban J connectivity index is 1.50. The number of carbonyl (C=O) groups excluding carboxylic acids is 1. The number of alkyl halides is 3. The summed E-state index contributed by atoms with van der Waals surface area (Å²) in [6.07, 6.45) is 1.60. The highest BCUT2D eigenvalue weighted by Crippen LogP contribution is 2.39. The number of hydrogen-bond donors (Lipinski definition) is 0. The molecule has 6 nitrogen and oxygen atoms in total. The molecule has 0 saturated heterocycles. The van der Waals surface area contributed by atoms with E-state index in [1.807, 2.05) is 0 Å². The normalized spacial score (nSPS) is 13.0. The van der Waals surface area contributed by atoms with Crippen LogP contribution in [0.1, 0.15) is 16.7 Å². The van der Waals surface area contributed by atoms with Crippen LogP contribution in [-0.4, -0.2) is 22.7 Å². The second kappa shape index (κ2) is 8.79. The largest absolute Gasteiger partial charge is 0.454 e. The topological polar surface area (TPSA) is 64.6 Å². The monoisotopic (exact) mass is 483 g/mol. The van der Waals surface area contributed by atoms with Crippen LogP contribution in [0.4, 0.5) is 18.3 Å². The Kier molecular flexibility index (Phi) is 5.66. The van der Waals surface area contributed by atoms with Crippen LogP contribution in [0, 0.1) is 0 Å². The number of pyridine rings is 1. The SMILES string of the molecule is O=C(/C=C/c1ccc2c(c1)OCO2)N(Cc1cccnc1)c1nc2c(C(F)(F)F)cccc2s1. The van der Waals surface area contributed by atoms with Gasteiger partial charge in [-0.1, -0.05) is 29.5 Å². The number of carbonyl (C=O) groups is 1. The molecule has 34 heavy (non-hydrogen) atoms. The van der Waals surface area contributed by atoms with Crippen molar-refractivity contribution in [2.45, 2.75) is 12.7 Å². The van der Waals surface area contributed by atoms with E-state index in [2.05, 4.69) is 9.97 Å². The maximum absolute atomic E-state index is 13.5. The lowest BCUT2D eigenvalue weighted by Gasteiger charge is -2.18. The number of benzene rings is 2. The van der Waals surface area contributed by atoms with Crippen LogP contribution in [0.5, 0.6) is 11.5 Å². The summed E-state index contributed by atoms with van der Waals surface area (Å²) in [4.78, 5) is 22.8. The fourth-order valence-corrected chi connectivity index (χ4v) is 4.47. The van der Waals surface area contributed by atoms with Gasteiger partial charge in [-0.05, 0) is 47.5 Å². The average Bonchev–Trinajstić information content (AvgIpc) is 3.47. The molecule has 1 amide bonds. The van der Waals surface area contributed by atoms with E-state index in [-0.39, 0.29) is 24.0 Å². The first kappa shape index (κ1) is 21.9. The molecule has 2 aromatic heterocycles. The van der Waals surface area contributed by atoms with E-state index in [1.54, 1.807) is 54.9 Å². The number of fused-ring (bicyclic) bond motifs is 2. The van der Waals surface area contributed by atoms with Gasteiger partial charge in [-0.3, -0.25) is 14.7 Å². The van der Waals surface area contributed by atoms with E-state index < -0.39 is 17.6 Å². The minimum absolute atomic E-state index is 0.0966. The van der Waals surface area contributed by atoms with Crippen molar-refractivity contribution in [2.75, 3.05) is 11.7 Å². The molecular formula is C24H16F3N3O3S. The number of ether oxygens (including phenoxy) is 2. The smallest absolute Gasteiger partial charge is 0.418 e. The van der Waals surface area contributed by atoms with Gasteiger partial charge >= 0.3 is 6.18 Å². The summed E-state index contributed by atoms with van der Waals surface area (Å²) >= 11 is 1.02. The van der Waals surface area contributed by atoms with Gasteiger partial charge in [0.05, 0.1) is 22.3 Å². The van der Waals surface area contributed by atoms with Gasteiger partial charge in [0.25, 0.3) is 5.91 Å². The zero-order chi connectivity index (χ0) is 23.7. The molecule has 2 aromatic carbocycles. The molecule has 5 rings (SSSR count). The molecule has 0 N–H and O–H groups in total. The predicted octanol–water partition coefficient (Wildman–Crippen LogP) is 5.69. The average molecular weight is 483 g/mol. The number of hydrogen-bond acceptors (Lipinski definition) is 6. The van der Waals surface area contributed by atoms with E-state index in [4.69, 9.17) is 9.47 Å². The highest BCUT2D eigenvalue weighted by Gasteiger charge is 2.34. The first-order valence-corrected chi connectivity index (χ1v) is 10.9. The molecule has 0 aliphatic carbocycles. The summed E-state index contributed by atoms with van der Waals surface area (Å²) in [6.45, 7) is 0.233. The van der Waals surface area contributed by atoms with Crippen LogP contribution in [0.3, 0.4) is 0 Å². The van der Waals surface area contributed by atoms with Gasteiger partial charge in [0.15, 0.2) is 16.6 Å². The first-order valence-electron chi connectivity index (χ1n) is 10.1. The standard InChI is InChI=1S/C24H16F3N3O3S/c25-24(26,27)17-4-1-5-20-22(17)29-23(34-20)30(13-16-3-2-10-28-12-16)21(31)9-7-15-6-8-18-19(11-15)33-14-32-18/h1-12H,13-14H2/b9-7+. The predicted molar refractivity (Wildman–Crippen MR) is 122 cm³/mol. The van der Waals surface area contributed by atoms with Gasteiger partial charge in [0.2, 0.25) is 6.79 Å². The molecule has 0 unspecified atom stereocenters. The highest BCUT2D eigenvalue weighted by molar-refractivity contribution is 7.22. The van der Waals surface area contributed by atoms with Crippen LogP contribution in [0.25, 0.3) is 16.3 Å². The summed E-state index contributed by atoms with van der Waals surface area (Å²) < 4.78 is 51.4. The molecule has 0 bridgehead atoms. The molecule has 0 saturated carbocycles. The summed E-state index contributed by atoms with van der Waals surface area (Å²) in [5, 5.41) is 0.163. The van der Waals surface area contributed by atoms with Crippen molar-refractivity contribution in [3.8, 4) is 11.5 Å². The lowest BCUT2D eigenvalue weighted by Crippen LogP contribution is -2.28. The molecule has 3 heterocycles. The highest BCUT2D eigenvalue weighted by atomic mass is 32.1. The van der Waals surface area contributed by atoms with Crippen molar-refractivity contribution in [1.82, 2.24) is 9.97 Å². The quantitative estimate of drug-likeness (QED) is 0.342. The third-order valence-electron chi connectivity index (χ3n) is 5.09. The fourth-order valence-electron chi connectivity index (χ4n) is 3.47. The maximum Gasteiger partial charge on any atom is 0.418 e. The van der Waals surface area contributed by atoms with Gasteiger partial charge in [-0.2, -0.15) is 13.2 Å². The number of halogens is 3. The van der Waals surface area contributed by atoms with Gasteiger partial charge in [0.1, 0.15) is 0 Å². The van der Waals surface area contributed by atoms with Gasteiger partial charge in [-0.25, -0.2) is 4.98 Å². The van der Waals surface area contributed by atoms with Crippen LogP contribution < -0.4 is 14.4 Å². The molecule has 172 valence electrons. The van der Waals surface area contributed by atoms with E-state index in [1.165, 1.54) is 17.0 Å². The Labute approximate surface area is 195 Å². The summed E-state index contributed by atoms with van der Waals surface area (Å²) in [5.41, 5.74) is 0.404. The molecule has 1 aliphatic rings. The molecule has 1 aliphatic heterocycles. The second-order valence-corrected chi connectivity index (χ2v) is 8.39. The zero-order valence-corrected chi connectivity index (χ0v) is 18.3. The summed E-state index contributed by atoms with van der Waals surface area (Å²) in [5.74, 6) is 0.762. The van der Waals surface area contributed by atoms with E-state index in [0.29, 0.717) is 27.3 Å². The Morgan fingerprint density at radius 1 is 1.12 bits per heavy atom. The van der Waals surface area contributed by atoms with Crippen molar-refractivity contribution in [3.05, 3.63) is 83.7 Å². The Morgan fingerprint density at radius 3 is 2.76 bits per heavy atom. The lowest BCUT2D eigenvalue weighted by molar-refractivity contribution is -0.136. The molecule has 0 atom stereocenters. The second-order valence-electron chi connectivity index (χ2n) is 7.38. The van der Waals surface area contributed by atoms with Crippen LogP contribution in [0.2, 0.25) is 0 Å². The number of para-hydroxylation sites is 1. The van der Waals surface area contributed by atoms with Crippen molar-refractivity contribution in [1.29, 1.82) is 0 Å². The Morgan fingerprint density at radius 2 is 1.97 bits per heavy atom. The number of rotatable bonds is 5. The maximum atomic E-state index is 13.5. The third kappa shape index (κ3) is 4.44. The number of anilines is 1. The summed E-state index contributed by atoms with van der Waals surface area (Å²) in [6, 6.07) is 12.6. The fraction of sp³-hybridized carbons (Fsp3) is 0.125. The number of thiazole rings is 1. The van der Waals surface area contributed by atoms with E-state index >= 15 is 0 Å². The zero-order valence-electron chi connectivity index (χ0n) is 17.5. The third-order valence-corrected chi connectivity index (χ3v) is 6.13. The molecule has 10 heteroatoms. The van der Waals surface area contributed by atoms with E-state index in [9.17, 15) is 18.0 Å². The van der Waals surface area contributed by atoms with Crippen molar-refractivity contribution >= 4 is 38.7 Å². The Bertz CT molecular complexity index is 1390. The summed E-state index contributed by atoms with van der Waals surface area (Å²) in [7, 11) is 0. The lowest BCUT2D eigenvalue weighted by atomic mass is 10.2. The van der Waals surface area contributed by atoms with Crippen LogP contribution in [0.15, 0.2) is 67.0 Å². The molecule has 0 fully saturated rings. The van der Waals surface area contributed by atoms with Crippen LogP contribution >= 0.6 is 11.3 Å². The van der Waals surface area contributed by atoms with Crippen molar-refractivity contribution in [3.63, 3.8) is 0 Å². The van der Waals surface area contributed by atoms with Gasteiger partial charge < -0.3 is 9.47 Å². The van der Waals surface area contributed by atoms with Crippen molar-refractivity contribution < 1.29 is 27.4 Å². The molecule has 4 aromatic rings. The number of nitrogens with zero attached hydrogens (tertiary/aromatic N) is 3. The first-order chi connectivity index (χ1) is 16.4. The molecule has 0 radical (unpaired) electrons.